The van der Waals surface area contributed by atoms with Crippen molar-refractivity contribution in [3.8, 4) is 5.69 Å². The molecule has 2 nitrogen and oxygen atoms in total. The van der Waals surface area contributed by atoms with Crippen LogP contribution in [0.25, 0.3) is 27.5 Å². The third kappa shape index (κ3) is 3.45. The van der Waals surface area contributed by atoms with Crippen LogP contribution >= 0.6 is 0 Å². The van der Waals surface area contributed by atoms with E-state index >= 15 is 0 Å². The summed E-state index contributed by atoms with van der Waals surface area (Å²) in [5.74, 6) is 0. The summed E-state index contributed by atoms with van der Waals surface area (Å²) >= 11 is 0. The maximum atomic E-state index is 2.36. The number of benzene rings is 5. The van der Waals surface area contributed by atoms with Crippen LogP contribution in [0.3, 0.4) is 0 Å². The summed E-state index contributed by atoms with van der Waals surface area (Å²) in [6, 6.07) is 43.6. The number of anilines is 3. The van der Waals surface area contributed by atoms with Crippen molar-refractivity contribution in [2.75, 3.05) is 4.90 Å². The third-order valence-electron chi connectivity index (χ3n) is 6.53. The SMILES string of the molecule is Cc1ccc(N(c2ccc(C)cc2)c2ccc(-n3c4ccccc4c4ccccc43)cc2)cc1. The molecule has 0 unspecified atom stereocenters. The van der Waals surface area contributed by atoms with Gasteiger partial charge < -0.3 is 9.47 Å². The Kier molecular flexibility index (Phi) is 4.92. The van der Waals surface area contributed by atoms with Gasteiger partial charge >= 0.3 is 0 Å². The Morgan fingerprint density at radius 2 is 0.824 bits per heavy atom. The van der Waals surface area contributed by atoms with Gasteiger partial charge in [0.05, 0.1) is 11.0 Å². The number of para-hydroxylation sites is 2. The van der Waals surface area contributed by atoms with Gasteiger partial charge in [-0.1, -0.05) is 71.8 Å². The van der Waals surface area contributed by atoms with Crippen LogP contribution in [0.1, 0.15) is 11.1 Å². The van der Waals surface area contributed by atoms with Crippen molar-refractivity contribution in [2.24, 2.45) is 0 Å². The summed E-state index contributed by atoms with van der Waals surface area (Å²) in [6.07, 6.45) is 0. The zero-order valence-corrected chi connectivity index (χ0v) is 19.4. The van der Waals surface area contributed by atoms with E-state index in [1.165, 1.54) is 32.9 Å². The quantitative estimate of drug-likeness (QED) is 0.267. The molecule has 0 saturated heterocycles. The van der Waals surface area contributed by atoms with Crippen molar-refractivity contribution in [3.05, 3.63) is 132 Å². The second-order valence-electron chi connectivity index (χ2n) is 8.89. The summed E-state index contributed by atoms with van der Waals surface area (Å²) < 4.78 is 2.36. The van der Waals surface area contributed by atoms with Crippen molar-refractivity contribution in [3.63, 3.8) is 0 Å². The number of hydrogen-bond donors (Lipinski definition) is 0. The molecule has 0 bridgehead atoms. The maximum Gasteiger partial charge on any atom is 0.0541 e. The molecule has 6 aromatic rings. The molecule has 6 rings (SSSR count). The molecule has 0 amide bonds. The van der Waals surface area contributed by atoms with E-state index in [4.69, 9.17) is 0 Å². The first-order chi connectivity index (χ1) is 16.7. The Labute approximate surface area is 200 Å². The fraction of sp³-hybridized carbons (Fsp3) is 0.0625. The van der Waals surface area contributed by atoms with Crippen LogP contribution in [-0.4, -0.2) is 4.57 Å². The minimum atomic E-state index is 1.14. The number of fused-ring (bicyclic) bond motifs is 3. The molecule has 1 aromatic heterocycles. The van der Waals surface area contributed by atoms with E-state index in [2.05, 4.69) is 145 Å². The third-order valence-corrected chi connectivity index (χ3v) is 6.53. The molecule has 1 heterocycles. The summed E-state index contributed by atoms with van der Waals surface area (Å²) in [7, 11) is 0. The summed E-state index contributed by atoms with van der Waals surface area (Å²) in [4.78, 5) is 2.31. The van der Waals surface area contributed by atoms with Crippen molar-refractivity contribution in [2.45, 2.75) is 13.8 Å². The molecule has 0 N–H and O–H groups in total. The molecule has 5 aromatic carbocycles. The number of aromatic nitrogens is 1. The topological polar surface area (TPSA) is 8.17 Å². The predicted octanol–water partition coefficient (Wildman–Crippen LogP) is 8.87. The van der Waals surface area contributed by atoms with Crippen molar-refractivity contribution in [1.29, 1.82) is 0 Å². The van der Waals surface area contributed by atoms with E-state index in [9.17, 15) is 0 Å². The van der Waals surface area contributed by atoms with E-state index < -0.39 is 0 Å². The molecule has 0 atom stereocenters. The molecule has 0 spiro atoms. The summed E-state index contributed by atoms with van der Waals surface area (Å²) in [5.41, 5.74) is 9.57. The summed E-state index contributed by atoms with van der Waals surface area (Å²) in [6.45, 7) is 4.25. The Morgan fingerprint density at radius 3 is 1.26 bits per heavy atom. The van der Waals surface area contributed by atoms with Gasteiger partial charge in [0.15, 0.2) is 0 Å². The van der Waals surface area contributed by atoms with Crippen LogP contribution in [0.4, 0.5) is 17.1 Å². The van der Waals surface area contributed by atoms with Crippen LogP contribution < -0.4 is 4.90 Å². The van der Waals surface area contributed by atoms with Crippen LogP contribution in [-0.2, 0) is 0 Å². The van der Waals surface area contributed by atoms with Gasteiger partial charge in [-0.2, -0.15) is 0 Å². The molecule has 0 fully saturated rings. The molecule has 34 heavy (non-hydrogen) atoms. The van der Waals surface area contributed by atoms with E-state index in [1.807, 2.05) is 0 Å². The van der Waals surface area contributed by atoms with E-state index in [0.717, 1.165) is 22.7 Å². The lowest BCUT2D eigenvalue weighted by molar-refractivity contribution is 1.17. The van der Waals surface area contributed by atoms with Gasteiger partial charge in [-0.25, -0.2) is 0 Å². The predicted molar refractivity (Wildman–Crippen MR) is 145 cm³/mol. The smallest absolute Gasteiger partial charge is 0.0541 e. The Balaban J connectivity index is 1.49. The zero-order chi connectivity index (χ0) is 23.1. The van der Waals surface area contributed by atoms with Gasteiger partial charge in [-0.05, 0) is 74.5 Å². The molecule has 2 heteroatoms. The van der Waals surface area contributed by atoms with Crippen LogP contribution in [0.2, 0.25) is 0 Å². The van der Waals surface area contributed by atoms with E-state index in [-0.39, 0.29) is 0 Å². The standard InChI is InChI=1S/C32H26N2/c1-23-11-15-25(16-12-23)33(26-17-13-24(2)14-18-26)27-19-21-28(22-20-27)34-31-9-5-3-7-29(31)30-8-4-6-10-32(30)34/h3-22H,1-2H3. The van der Waals surface area contributed by atoms with E-state index in [0.29, 0.717) is 0 Å². The second kappa shape index (κ2) is 8.24. The number of nitrogens with zero attached hydrogens (tertiary/aromatic N) is 2. The Morgan fingerprint density at radius 1 is 0.441 bits per heavy atom. The first-order valence-electron chi connectivity index (χ1n) is 11.7. The van der Waals surface area contributed by atoms with Crippen molar-refractivity contribution >= 4 is 38.9 Å². The Hall–Kier alpha value is -4.30. The lowest BCUT2D eigenvalue weighted by atomic mass is 10.1. The highest BCUT2D eigenvalue weighted by Gasteiger charge is 2.14. The van der Waals surface area contributed by atoms with Crippen LogP contribution in [0.15, 0.2) is 121 Å². The Bertz CT molecular complexity index is 1490. The first kappa shape index (κ1) is 20.3. The van der Waals surface area contributed by atoms with Crippen LogP contribution in [0, 0.1) is 13.8 Å². The normalized spacial score (nSPS) is 11.2. The van der Waals surface area contributed by atoms with Gasteiger partial charge in [-0.3, -0.25) is 0 Å². The monoisotopic (exact) mass is 438 g/mol. The average molecular weight is 439 g/mol. The zero-order valence-electron chi connectivity index (χ0n) is 19.4. The molecular weight excluding hydrogens is 412 g/mol. The molecule has 0 saturated carbocycles. The highest BCUT2D eigenvalue weighted by atomic mass is 15.1. The van der Waals surface area contributed by atoms with E-state index in [1.54, 1.807) is 0 Å². The van der Waals surface area contributed by atoms with Gasteiger partial charge in [-0.15, -0.1) is 0 Å². The van der Waals surface area contributed by atoms with Gasteiger partial charge in [0.2, 0.25) is 0 Å². The second-order valence-corrected chi connectivity index (χ2v) is 8.89. The molecule has 0 aliphatic heterocycles. The van der Waals surface area contributed by atoms with Crippen molar-refractivity contribution in [1.82, 2.24) is 4.57 Å². The lowest BCUT2D eigenvalue weighted by Gasteiger charge is -2.26. The fourth-order valence-corrected chi connectivity index (χ4v) is 4.79. The fourth-order valence-electron chi connectivity index (χ4n) is 4.79. The lowest BCUT2D eigenvalue weighted by Crippen LogP contribution is -2.10. The van der Waals surface area contributed by atoms with Gasteiger partial charge in [0.1, 0.15) is 0 Å². The minimum absolute atomic E-state index is 1.14. The highest BCUT2D eigenvalue weighted by molar-refractivity contribution is 6.09. The largest absolute Gasteiger partial charge is 0.311 e. The first-order valence-corrected chi connectivity index (χ1v) is 11.7. The molecule has 0 aliphatic rings. The average Bonchev–Trinajstić information content (AvgIpc) is 3.21. The number of hydrogen-bond acceptors (Lipinski definition) is 1. The molecular formula is C32H26N2. The minimum Gasteiger partial charge on any atom is -0.311 e. The van der Waals surface area contributed by atoms with Gasteiger partial charge in [0, 0.05) is 33.5 Å². The summed E-state index contributed by atoms with van der Waals surface area (Å²) in [5, 5.41) is 2.56. The van der Waals surface area contributed by atoms with Crippen molar-refractivity contribution < 1.29 is 0 Å². The molecule has 0 radical (unpaired) electrons. The number of rotatable bonds is 4. The number of aryl methyl sites for hydroxylation is 2. The molecule has 164 valence electrons. The van der Waals surface area contributed by atoms with Gasteiger partial charge in [0.25, 0.3) is 0 Å². The molecule has 0 aliphatic carbocycles. The highest BCUT2D eigenvalue weighted by Crippen LogP contribution is 2.36. The maximum absolute atomic E-state index is 2.36. The van der Waals surface area contributed by atoms with Crippen LogP contribution in [0.5, 0.6) is 0 Å².